The van der Waals surface area contributed by atoms with E-state index in [9.17, 15) is 14.0 Å². The summed E-state index contributed by atoms with van der Waals surface area (Å²) in [5.41, 5.74) is 2.65. The molecule has 0 N–H and O–H groups in total. The fourth-order valence-electron chi connectivity index (χ4n) is 5.21. The molecule has 3 heterocycles. The molecule has 43 heavy (non-hydrogen) atoms. The topological polar surface area (TPSA) is 118 Å². The summed E-state index contributed by atoms with van der Waals surface area (Å²) < 4.78 is 30.9. The summed E-state index contributed by atoms with van der Waals surface area (Å²) in [5, 5.41) is 7.75. The van der Waals surface area contributed by atoms with E-state index in [0.717, 1.165) is 29.1 Å². The Kier molecular flexibility index (Phi) is 9.94. The van der Waals surface area contributed by atoms with Gasteiger partial charge in [-0.2, -0.15) is 0 Å². The van der Waals surface area contributed by atoms with Crippen LogP contribution in [0.5, 0.6) is 5.75 Å². The highest BCUT2D eigenvalue weighted by Gasteiger charge is 2.19. The molecule has 0 unspecified atom stereocenters. The first kappa shape index (κ1) is 29.7. The normalized spacial score (nSPS) is 13.3. The van der Waals surface area contributed by atoms with Gasteiger partial charge in [-0.25, -0.2) is 14.0 Å². The van der Waals surface area contributed by atoms with Gasteiger partial charge in [0.25, 0.3) is 0 Å². The molecule has 0 aliphatic heterocycles. The third kappa shape index (κ3) is 8.15. The van der Waals surface area contributed by atoms with Crippen molar-refractivity contribution < 1.29 is 18.2 Å². The van der Waals surface area contributed by atoms with Crippen molar-refractivity contribution in [3.63, 3.8) is 0 Å². The van der Waals surface area contributed by atoms with Crippen LogP contribution in [0.15, 0.2) is 91.6 Å². The van der Waals surface area contributed by atoms with Crippen molar-refractivity contribution in [3.8, 4) is 5.75 Å². The van der Waals surface area contributed by atoms with Crippen LogP contribution in [0.25, 0.3) is 0 Å². The van der Waals surface area contributed by atoms with E-state index in [2.05, 4.69) is 15.3 Å². The number of benzene rings is 2. The first-order chi connectivity index (χ1) is 21.0. The van der Waals surface area contributed by atoms with Crippen molar-refractivity contribution in [2.75, 3.05) is 7.11 Å². The Morgan fingerprint density at radius 1 is 0.837 bits per heavy atom. The summed E-state index contributed by atoms with van der Waals surface area (Å²) in [6.45, 7) is 1.01. The van der Waals surface area contributed by atoms with Gasteiger partial charge in [-0.15, -0.1) is 0 Å². The summed E-state index contributed by atoms with van der Waals surface area (Å²) >= 11 is 0. The lowest BCUT2D eigenvalue weighted by Crippen LogP contribution is -2.23. The average Bonchev–Trinajstić information content (AvgIpc) is 3.56. The van der Waals surface area contributed by atoms with E-state index >= 15 is 0 Å². The van der Waals surface area contributed by atoms with E-state index in [1.54, 1.807) is 30.0 Å². The van der Waals surface area contributed by atoms with E-state index in [0.29, 0.717) is 30.4 Å². The van der Waals surface area contributed by atoms with Gasteiger partial charge in [0.1, 0.15) is 11.6 Å². The monoisotopic (exact) mass is 587 g/mol. The maximum atomic E-state index is 13.0. The van der Waals surface area contributed by atoms with Crippen LogP contribution in [0, 0.1) is 11.7 Å². The highest BCUT2D eigenvalue weighted by Crippen LogP contribution is 2.25. The lowest BCUT2D eigenvalue weighted by molar-refractivity contribution is 0.303. The van der Waals surface area contributed by atoms with E-state index in [1.165, 1.54) is 48.8 Å². The summed E-state index contributed by atoms with van der Waals surface area (Å²) in [5.74, 6) is 1.30. The summed E-state index contributed by atoms with van der Waals surface area (Å²) in [6, 6.07) is 19.2. The molecule has 11 heteroatoms. The number of ether oxygens (including phenoxy) is 1. The molecule has 0 amide bonds. The van der Waals surface area contributed by atoms with Gasteiger partial charge in [-0.05, 0) is 66.3 Å². The van der Waals surface area contributed by atoms with Gasteiger partial charge in [0.2, 0.25) is 0 Å². The third-order valence-electron chi connectivity index (χ3n) is 7.50. The lowest BCUT2D eigenvalue weighted by Gasteiger charge is -2.21. The molecule has 1 aliphatic rings. The number of aromatic nitrogens is 5. The standard InChI is InChI=1S/C17H15FN2O3.C15H19N3O2/c1-22-15-4-2-3-13(9-15)10-16-19-23-17(21)20(16)11-12-5-7-14(18)8-6-12;19-15-18(11-12-6-2-1-3-7-12)14(17-20-15)10-13-8-4-5-9-16-13/h2-9H,10-11H2,1H3;4-5,8-9,12H,1-3,6-7,10-11H2. The quantitative estimate of drug-likeness (QED) is 0.236. The number of halogens is 1. The van der Waals surface area contributed by atoms with Gasteiger partial charge >= 0.3 is 11.5 Å². The van der Waals surface area contributed by atoms with Gasteiger partial charge in [0.05, 0.1) is 20.1 Å². The average molecular weight is 588 g/mol. The molecule has 6 rings (SSSR count). The Labute approximate surface area is 247 Å². The van der Waals surface area contributed by atoms with Crippen molar-refractivity contribution in [1.82, 2.24) is 24.4 Å². The van der Waals surface area contributed by atoms with Gasteiger partial charge in [0.15, 0.2) is 11.6 Å². The molecule has 5 aromatic rings. The molecule has 0 atom stereocenters. The molecule has 224 valence electrons. The zero-order valence-corrected chi connectivity index (χ0v) is 24.0. The predicted molar refractivity (Wildman–Crippen MR) is 156 cm³/mol. The maximum absolute atomic E-state index is 13.0. The van der Waals surface area contributed by atoms with Crippen LogP contribution in [0.1, 0.15) is 60.6 Å². The smallest absolute Gasteiger partial charge is 0.441 e. The minimum Gasteiger partial charge on any atom is -0.497 e. The number of nitrogens with zero attached hydrogens (tertiary/aromatic N) is 5. The minimum atomic E-state index is -0.535. The number of rotatable bonds is 9. The first-order valence-electron chi connectivity index (χ1n) is 14.4. The van der Waals surface area contributed by atoms with Crippen LogP contribution in [0.2, 0.25) is 0 Å². The Bertz CT molecular complexity index is 1700. The molecule has 0 radical (unpaired) electrons. The van der Waals surface area contributed by atoms with Crippen molar-refractivity contribution in [1.29, 1.82) is 0 Å². The fraction of sp³-hybridized carbons (Fsp3) is 0.344. The third-order valence-corrected chi connectivity index (χ3v) is 7.50. The van der Waals surface area contributed by atoms with Crippen LogP contribution in [-0.4, -0.2) is 31.5 Å². The summed E-state index contributed by atoms with van der Waals surface area (Å²) in [7, 11) is 1.60. The zero-order chi connectivity index (χ0) is 30.0. The molecule has 0 bridgehead atoms. The predicted octanol–water partition coefficient (Wildman–Crippen LogP) is 5.03. The molecular weight excluding hydrogens is 553 g/mol. The number of hydrogen-bond acceptors (Lipinski definition) is 8. The highest BCUT2D eigenvalue weighted by molar-refractivity contribution is 5.30. The largest absolute Gasteiger partial charge is 0.497 e. The molecule has 1 fully saturated rings. The van der Waals surface area contributed by atoms with E-state index < -0.39 is 5.76 Å². The number of methoxy groups -OCH3 is 1. The maximum Gasteiger partial charge on any atom is 0.441 e. The molecular formula is C32H34FN5O5. The van der Waals surface area contributed by atoms with E-state index in [1.807, 2.05) is 42.5 Å². The van der Waals surface area contributed by atoms with Crippen LogP contribution >= 0.6 is 0 Å². The van der Waals surface area contributed by atoms with E-state index in [4.69, 9.17) is 13.8 Å². The van der Waals surface area contributed by atoms with Crippen LogP contribution in [0.3, 0.4) is 0 Å². The molecule has 10 nitrogen and oxygen atoms in total. The Morgan fingerprint density at radius 3 is 2.26 bits per heavy atom. The molecule has 1 aliphatic carbocycles. The second kappa shape index (κ2) is 14.4. The molecule has 0 spiro atoms. The van der Waals surface area contributed by atoms with Crippen molar-refractivity contribution in [2.45, 2.75) is 58.0 Å². The van der Waals surface area contributed by atoms with Gasteiger partial charge in [0, 0.05) is 24.9 Å². The molecule has 0 saturated heterocycles. The Morgan fingerprint density at radius 2 is 1.56 bits per heavy atom. The first-order valence-corrected chi connectivity index (χ1v) is 14.4. The van der Waals surface area contributed by atoms with Crippen molar-refractivity contribution in [3.05, 3.63) is 128 Å². The highest BCUT2D eigenvalue weighted by atomic mass is 19.1. The molecule has 1 saturated carbocycles. The Hall–Kier alpha value is -4.80. The Balaban J connectivity index is 0.000000173. The van der Waals surface area contributed by atoms with Gasteiger partial charge in [-0.1, -0.05) is 59.9 Å². The molecule has 2 aromatic carbocycles. The zero-order valence-electron chi connectivity index (χ0n) is 24.0. The van der Waals surface area contributed by atoms with Gasteiger partial charge in [-0.3, -0.25) is 23.2 Å². The number of pyridine rings is 1. The number of hydrogen-bond donors (Lipinski definition) is 0. The van der Waals surface area contributed by atoms with Gasteiger partial charge < -0.3 is 4.74 Å². The summed E-state index contributed by atoms with van der Waals surface area (Å²) in [4.78, 5) is 28.0. The van der Waals surface area contributed by atoms with Crippen LogP contribution in [0.4, 0.5) is 4.39 Å². The van der Waals surface area contributed by atoms with Crippen LogP contribution < -0.4 is 16.2 Å². The van der Waals surface area contributed by atoms with Crippen molar-refractivity contribution >= 4 is 0 Å². The second-order valence-corrected chi connectivity index (χ2v) is 10.6. The van der Waals surface area contributed by atoms with Crippen molar-refractivity contribution in [2.24, 2.45) is 5.92 Å². The second-order valence-electron chi connectivity index (χ2n) is 10.6. The van der Waals surface area contributed by atoms with Crippen LogP contribution in [-0.2, 0) is 25.9 Å². The lowest BCUT2D eigenvalue weighted by atomic mass is 9.89. The minimum absolute atomic E-state index is 0.280. The van der Waals surface area contributed by atoms with E-state index in [-0.39, 0.29) is 18.1 Å². The molecule has 3 aromatic heterocycles. The SMILES string of the molecule is COc1cccc(Cc2noc(=O)n2Cc2ccc(F)cc2)c1.O=c1onc(Cc2ccccn2)n1CC1CCCCC1. The summed E-state index contributed by atoms with van der Waals surface area (Å²) in [6.07, 6.45) is 8.96. The fourth-order valence-corrected chi connectivity index (χ4v) is 5.21.